The number of aldehydes is 1. The number of aliphatic imine (C=N–C) groups is 1. The fraction of sp³-hybridized carbons (Fsp3) is 0.667. The minimum atomic E-state index is -0.878. The minimum Gasteiger partial charge on any atom is -0.370 e. The number of amides is 2. The van der Waals surface area contributed by atoms with Crippen molar-refractivity contribution in [1.29, 1.82) is 0 Å². The van der Waals surface area contributed by atoms with Crippen LogP contribution < -0.4 is 33.6 Å². The van der Waals surface area contributed by atoms with Crippen molar-refractivity contribution in [3.63, 3.8) is 0 Å². The van der Waals surface area contributed by atoms with Gasteiger partial charge >= 0.3 is 0 Å². The van der Waals surface area contributed by atoms with Crippen molar-refractivity contribution in [2.24, 2.45) is 27.9 Å². The summed E-state index contributed by atoms with van der Waals surface area (Å²) in [6.45, 7) is 1.82. The summed E-state index contributed by atoms with van der Waals surface area (Å²) >= 11 is 0. The number of guanidine groups is 1. The highest BCUT2D eigenvalue weighted by Crippen LogP contribution is 1.97. The van der Waals surface area contributed by atoms with E-state index in [0.29, 0.717) is 25.7 Å². The number of nitrogens with zero attached hydrogens (tertiary/aromatic N) is 1. The third-order valence-electron chi connectivity index (χ3n) is 2.80. The van der Waals surface area contributed by atoms with Crippen molar-refractivity contribution >= 4 is 24.1 Å². The Balaban J connectivity index is 4.26. The van der Waals surface area contributed by atoms with Crippen LogP contribution in [-0.2, 0) is 14.4 Å². The number of nitrogens with two attached hydrogens (primary N) is 4. The summed E-state index contributed by atoms with van der Waals surface area (Å²) in [6, 6.07) is -2.38. The number of carbonyl (C=O) groups excluding carboxylic acids is 3. The fourth-order valence-electron chi connectivity index (χ4n) is 1.49. The van der Waals surface area contributed by atoms with Crippen LogP contribution in [0, 0.1) is 0 Å². The first-order valence-electron chi connectivity index (χ1n) is 6.88. The maximum absolute atomic E-state index is 11.9. The van der Waals surface area contributed by atoms with E-state index in [4.69, 9.17) is 22.9 Å². The highest BCUT2D eigenvalue weighted by molar-refractivity contribution is 5.90. The van der Waals surface area contributed by atoms with Gasteiger partial charge in [-0.1, -0.05) is 0 Å². The molecule has 0 saturated carbocycles. The van der Waals surface area contributed by atoms with Gasteiger partial charge < -0.3 is 38.4 Å². The summed E-state index contributed by atoms with van der Waals surface area (Å²) in [4.78, 5) is 38.1. The third kappa shape index (κ3) is 8.17. The van der Waals surface area contributed by atoms with Crippen molar-refractivity contribution in [1.82, 2.24) is 10.6 Å². The molecule has 0 bridgehead atoms. The summed E-state index contributed by atoms with van der Waals surface area (Å²) in [5, 5.41) is 4.93. The van der Waals surface area contributed by atoms with Gasteiger partial charge in [-0.2, -0.15) is 0 Å². The molecule has 0 aromatic heterocycles. The molecule has 0 spiro atoms. The average molecular weight is 315 g/mol. The molecule has 22 heavy (non-hydrogen) atoms. The summed E-state index contributed by atoms with van der Waals surface area (Å²) in [5.41, 5.74) is 21.0. The molecule has 2 amide bonds. The molecule has 10 nitrogen and oxygen atoms in total. The SMILES string of the molecule is CC(NC(=O)C(N)CN)C(=O)NC(C=O)CCCN=C(N)N. The zero-order valence-corrected chi connectivity index (χ0v) is 12.6. The summed E-state index contributed by atoms with van der Waals surface area (Å²) in [6.07, 6.45) is 1.53. The lowest BCUT2D eigenvalue weighted by atomic mass is 10.1. The lowest BCUT2D eigenvalue weighted by Gasteiger charge is -2.19. The quantitative estimate of drug-likeness (QED) is 0.104. The van der Waals surface area contributed by atoms with E-state index in [9.17, 15) is 14.4 Å². The van der Waals surface area contributed by atoms with Crippen LogP contribution >= 0.6 is 0 Å². The fourth-order valence-corrected chi connectivity index (χ4v) is 1.49. The summed E-state index contributed by atoms with van der Waals surface area (Å²) in [7, 11) is 0. The van der Waals surface area contributed by atoms with Crippen LogP contribution in [0.25, 0.3) is 0 Å². The highest BCUT2D eigenvalue weighted by atomic mass is 16.2. The van der Waals surface area contributed by atoms with E-state index in [-0.39, 0.29) is 12.5 Å². The molecule has 0 saturated heterocycles. The Morgan fingerprint density at radius 3 is 2.36 bits per heavy atom. The van der Waals surface area contributed by atoms with Gasteiger partial charge in [0.25, 0.3) is 0 Å². The minimum absolute atomic E-state index is 0.0259. The highest BCUT2D eigenvalue weighted by Gasteiger charge is 2.21. The zero-order chi connectivity index (χ0) is 17.1. The van der Waals surface area contributed by atoms with Crippen molar-refractivity contribution in [2.75, 3.05) is 13.1 Å². The number of hydrogen-bond acceptors (Lipinski definition) is 6. The molecule has 0 rings (SSSR count). The smallest absolute Gasteiger partial charge is 0.242 e. The Morgan fingerprint density at radius 1 is 1.23 bits per heavy atom. The van der Waals surface area contributed by atoms with Crippen LogP contribution in [0.2, 0.25) is 0 Å². The van der Waals surface area contributed by atoms with Crippen LogP contribution in [-0.4, -0.2) is 55.3 Å². The molecule has 3 atom stereocenters. The maximum atomic E-state index is 11.9. The topological polar surface area (TPSA) is 192 Å². The Morgan fingerprint density at radius 2 is 1.86 bits per heavy atom. The lowest BCUT2D eigenvalue weighted by Crippen LogP contribution is -2.53. The normalized spacial score (nSPS) is 14.3. The van der Waals surface area contributed by atoms with Crippen molar-refractivity contribution in [3.05, 3.63) is 0 Å². The van der Waals surface area contributed by atoms with Gasteiger partial charge in [0.05, 0.1) is 12.1 Å². The Bertz CT molecular complexity index is 410. The molecule has 0 aromatic carbocycles. The first-order valence-corrected chi connectivity index (χ1v) is 6.88. The molecule has 126 valence electrons. The van der Waals surface area contributed by atoms with E-state index >= 15 is 0 Å². The average Bonchev–Trinajstić information content (AvgIpc) is 2.48. The van der Waals surface area contributed by atoms with Gasteiger partial charge in [-0.25, -0.2) is 0 Å². The van der Waals surface area contributed by atoms with Crippen LogP contribution in [0.3, 0.4) is 0 Å². The van der Waals surface area contributed by atoms with Crippen LogP contribution in [0.1, 0.15) is 19.8 Å². The molecule has 10 N–H and O–H groups in total. The predicted octanol–water partition coefficient (Wildman–Crippen LogP) is -3.49. The first kappa shape index (κ1) is 19.8. The Labute approximate surface area is 129 Å². The largest absolute Gasteiger partial charge is 0.370 e. The van der Waals surface area contributed by atoms with E-state index < -0.39 is 29.9 Å². The second-order valence-electron chi connectivity index (χ2n) is 4.77. The Hall–Kier alpha value is -2.20. The summed E-state index contributed by atoms with van der Waals surface area (Å²) in [5.74, 6) is -1.05. The number of rotatable bonds is 10. The number of nitrogens with one attached hydrogen (secondary N) is 2. The van der Waals surface area contributed by atoms with E-state index in [2.05, 4.69) is 15.6 Å². The van der Waals surface area contributed by atoms with Gasteiger partial charge in [0.2, 0.25) is 11.8 Å². The maximum Gasteiger partial charge on any atom is 0.242 e. The molecule has 10 heteroatoms. The molecular weight excluding hydrogens is 290 g/mol. The molecule has 0 heterocycles. The lowest BCUT2D eigenvalue weighted by molar-refractivity contribution is -0.130. The van der Waals surface area contributed by atoms with E-state index in [0.717, 1.165) is 0 Å². The first-order chi connectivity index (χ1) is 10.3. The van der Waals surface area contributed by atoms with Crippen LogP contribution in [0.4, 0.5) is 0 Å². The molecule has 0 fully saturated rings. The van der Waals surface area contributed by atoms with Crippen molar-refractivity contribution < 1.29 is 14.4 Å². The summed E-state index contributed by atoms with van der Waals surface area (Å²) < 4.78 is 0. The van der Waals surface area contributed by atoms with E-state index in [1.807, 2.05) is 0 Å². The molecular formula is C12H25N7O3. The molecule has 0 aliphatic rings. The van der Waals surface area contributed by atoms with Crippen molar-refractivity contribution in [2.45, 2.75) is 37.9 Å². The van der Waals surface area contributed by atoms with Gasteiger partial charge in [0.1, 0.15) is 12.3 Å². The molecule has 3 unspecified atom stereocenters. The van der Waals surface area contributed by atoms with Gasteiger partial charge in [0.15, 0.2) is 5.96 Å². The van der Waals surface area contributed by atoms with E-state index in [1.165, 1.54) is 6.92 Å². The number of carbonyl (C=O) groups is 3. The van der Waals surface area contributed by atoms with Gasteiger partial charge in [0, 0.05) is 13.1 Å². The standard InChI is InChI=1S/C12H25N7O3/c1-7(18-11(22)9(14)5-13)10(21)19-8(6-20)3-2-4-17-12(15)16/h6-9H,2-5,13-14H2,1H3,(H,18,22)(H,19,21)(H4,15,16,17). The molecule has 0 aliphatic heterocycles. The zero-order valence-electron chi connectivity index (χ0n) is 12.6. The monoisotopic (exact) mass is 315 g/mol. The second-order valence-corrected chi connectivity index (χ2v) is 4.77. The van der Waals surface area contributed by atoms with Crippen molar-refractivity contribution in [3.8, 4) is 0 Å². The Kier molecular flexibility index (Phi) is 9.46. The van der Waals surface area contributed by atoms with Crippen LogP contribution in [0.5, 0.6) is 0 Å². The molecule has 0 aliphatic carbocycles. The van der Waals surface area contributed by atoms with E-state index in [1.54, 1.807) is 0 Å². The molecule has 0 radical (unpaired) electrons. The number of hydrogen-bond donors (Lipinski definition) is 6. The van der Waals surface area contributed by atoms with Gasteiger partial charge in [-0.05, 0) is 19.8 Å². The predicted molar refractivity (Wildman–Crippen MR) is 82.5 cm³/mol. The van der Waals surface area contributed by atoms with Crippen LogP contribution in [0.15, 0.2) is 4.99 Å². The second kappa shape index (κ2) is 10.5. The third-order valence-corrected chi connectivity index (χ3v) is 2.80. The van der Waals surface area contributed by atoms with Gasteiger partial charge in [-0.15, -0.1) is 0 Å². The molecule has 0 aromatic rings. The van der Waals surface area contributed by atoms with Gasteiger partial charge in [-0.3, -0.25) is 14.6 Å².